The van der Waals surface area contributed by atoms with Gasteiger partial charge < -0.3 is 15.5 Å². The van der Waals surface area contributed by atoms with E-state index in [9.17, 15) is 26.4 Å². The largest absolute Gasteiger partial charge is 0.354 e. The average Bonchev–Trinajstić information content (AvgIpc) is 3.41. The molecule has 0 bridgehead atoms. The Labute approximate surface area is 280 Å². The van der Waals surface area contributed by atoms with Crippen LogP contribution in [0.5, 0.6) is 0 Å². The summed E-state index contributed by atoms with van der Waals surface area (Å²) in [5, 5.41) is 6.15. The first kappa shape index (κ1) is 32.8. The number of rotatable bonds is 10. The monoisotopic (exact) mass is 685 g/mol. The van der Waals surface area contributed by atoms with Gasteiger partial charge in [-0.25, -0.2) is 16.8 Å². The van der Waals surface area contributed by atoms with Gasteiger partial charge in [0.25, 0.3) is 15.9 Å². The van der Waals surface area contributed by atoms with Crippen molar-refractivity contribution in [1.82, 2.24) is 4.90 Å². The Kier molecular flexibility index (Phi) is 9.24. The van der Waals surface area contributed by atoms with Gasteiger partial charge in [-0.1, -0.05) is 48.5 Å². The lowest BCUT2D eigenvalue weighted by Crippen LogP contribution is -2.44. The van der Waals surface area contributed by atoms with Crippen LogP contribution in [0.4, 0.5) is 22.7 Å². The van der Waals surface area contributed by atoms with Gasteiger partial charge in [-0.05, 0) is 79.4 Å². The van der Waals surface area contributed by atoms with Gasteiger partial charge in [-0.15, -0.1) is 0 Å². The summed E-state index contributed by atoms with van der Waals surface area (Å²) in [6, 6.07) is 28.6. The third-order valence-corrected chi connectivity index (χ3v) is 10.7. The van der Waals surface area contributed by atoms with Gasteiger partial charge in [0.2, 0.25) is 15.9 Å². The number of para-hydroxylation sites is 1. The highest BCUT2D eigenvalue weighted by atomic mass is 32.2. The van der Waals surface area contributed by atoms with Crippen LogP contribution in [0.25, 0.3) is 11.3 Å². The molecule has 0 atom stereocenters. The number of anilines is 4. The standard InChI is InChI=1S/C35H35N5O6S2/c1-47(43,44)40(24-32(41)39-21-9-4-10-22-39)28-17-15-26(16-18-28)36-34(25-11-5-2-6-12-25)33-30-23-29(19-20-31(30)37-35(33)42)48(45,46)38-27-13-7-3-8-14-27/h2-3,5-8,11-20,23,36,38H,4,9-10,21-22,24H2,1H3,(H,37,42). The van der Waals surface area contributed by atoms with Crippen LogP contribution in [0.3, 0.4) is 0 Å². The Balaban J connectivity index is 1.34. The SMILES string of the molecule is CS(=O)(=O)N(CC(=O)N1CCCCC1)c1ccc(NC(=C2C(=O)Nc3ccc(S(=O)(=O)Nc4ccccc4)cc32)c2ccccc2)cc1. The van der Waals surface area contributed by atoms with E-state index in [2.05, 4.69) is 15.4 Å². The van der Waals surface area contributed by atoms with Crippen molar-refractivity contribution >= 4 is 65.9 Å². The summed E-state index contributed by atoms with van der Waals surface area (Å²) >= 11 is 0. The van der Waals surface area contributed by atoms with Crippen molar-refractivity contribution in [2.75, 3.05) is 45.6 Å². The Morgan fingerprint density at radius 1 is 0.812 bits per heavy atom. The number of likely N-dealkylation sites (tertiary alicyclic amines) is 1. The van der Waals surface area contributed by atoms with Crippen LogP contribution in [0.1, 0.15) is 30.4 Å². The topological polar surface area (TPSA) is 145 Å². The normalized spacial score (nSPS) is 15.7. The minimum absolute atomic E-state index is 0.0177. The van der Waals surface area contributed by atoms with E-state index in [1.165, 1.54) is 12.1 Å². The summed E-state index contributed by atoms with van der Waals surface area (Å²) in [6.45, 7) is 0.931. The van der Waals surface area contributed by atoms with Crippen molar-refractivity contribution in [3.63, 3.8) is 0 Å². The van der Waals surface area contributed by atoms with Crippen LogP contribution in [0.2, 0.25) is 0 Å². The fraction of sp³-hybridized carbons (Fsp3) is 0.200. The highest BCUT2D eigenvalue weighted by molar-refractivity contribution is 7.92. The molecule has 248 valence electrons. The molecule has 2 aliphatic heterocycles. The van der Waals surface area contributed by atoms with Gasteiger partial charge in [0, 0.05) is 35.7 Å². The lowest BCUT2D eigenvalue weighted by atomic mass is 10.00. The first-order valence-electron chi connectivity index (χ1n) is 15.5. The van der Waals surface area contributed by atoms with Crippen molar-refractivity contribution in [3.05, 3.63) is 114 Å². The Morgan fingerprint density at radius 3 is 2.10 bits per heavy atom. The smallest absolute Gasteiger partial charge is 0.261 e. The number of fused-ring (bicyclic) bond motifs is 1. The second-order valence-electron chi connectivity index (χ2n) is 11.6. The number of sulfonamides is 2. The molecule has 1 saturated heterocycles. The second kappa shape index (κ2) is 13.5. The van der Waals surface area contributed by atoms with Gasteiger partial charge in [0.1, 0.15) is 6.54 Å². The molecule has 2 heterocycles. The van der Waals surface area contributed by atoms with E-state index in [1.54, 1.807) is 65.6 Å². The molecular formula is C35H35N5O6S2. The molecule has 0 unspecified atom stereocenters. The predicted octanol–water partition coefficient (Wildman–Crippen LogP) is 5.20. The average molecular weight is 686 g/mol. The maximum atomic E-state index is 13.5. The van der Waals surface area contributed by atoms with Crippen LogP contribution in [-0.4, -0.2) is 59.4 Å². The summed E-state index contributed by atoms with van der Waals surface area (Å²) in [6.07, 6.45) is 3.91. The molecule has 3 N–H and O–H groups in total. The van der Waals surface area contributed by atoms with Gasteiger partial charge in [-0.3, -0.25) is 18.6 Å². The molecule has 1 fully saturated rings. The molecule has 2 amide bonds. The highest BCUT2D eigenvalue weighted by Gasteiger charge is 2.31. The van der Waals surface area contributed by atoms with Crippen LogP contribution >= 0.6 is 0 Å². The van der Waals surface area contributed by atoms with Crippen molar-refractivity contribution in [2.45, 2.75) is 24.2 Å². The van der Waals surface area contributed by atoms with Gasteiger partial charge in [0.15, 0.2) is 0 Å². The zero-order valence-electron chi connectivity index (χ0n) is 26.2. The van der Waals surface area contributed by atoms with Crippen LogP contribution in [-0.2, 0) is 29.6 Å². The summed E-state index contributed by atoms with van der Waals surface area (Å²) in [5.41, 5.74) is 3.46. The van der Waals surface area contributed by atoms with Crippen LogP contribution in [0, 0.1) is 0 Å². The number of hydrogen-bond donors (Lipinski definition) is 3. The van der Waals surface area contributed by atoms with Crippen molar-refractivity contribution in [2.24, 2.45) is 0 Å². The molecule has 13 heteroatoms. The zero-order valence-corrected chi connectivity index (χ0v) is 27.9. The quantitative estimate of drug-likeness (QED) is 0.195. The maximum Gasteiger partial charge on any atom is 0.261 e. The highest BCUT2D eigenvalue weighted by Crippen LogP contribution is 2.39. The summed E-state index contributed by atoms with van der Waals surface area (Å²) < 4.78 is 55.8. The first-order chi connectivity index (χ1) is 23.0. The molecule has 6 rings (SSSR count). The molecule has 2 aliphatic rings. The van der Waals surface area contributed by atoms with Gasteiger partial charge in [-0.2, -0.15) is 0 Å². The lowest BCUT2D eigenvalue weighted by Gasteiger charge is -2.30. The number of amides is 2. The molecule has 4 aromatic rings. The van der Waals surface area contributed by atoms with Gasteiger partial charge in [0.05, 0.1) is 28.1 Å². The number of nitrogens with zero attached hydrogens (tertiary/aromatic N) is 2. The van der Waals surface area contributed by atoms with E-state index >= 15 is 0 Å². The van der Waals surface area contributed by atoms with Gasteiger partial charge >= 0.3 is 0 Å². The minimum atomic E-state index is -3.98. The van der Waals surface area contributed by atoms with E-state index in [-0.39, 0.29) is 22.9 Å². The number of nitrogens with one attached hydrogen (secondary N) is 3. The molecule has 48 heavy (non-hydrogen) atoms. The first-order valence-corrected chi connectivity index (χ1v) is 18.8. The Bertz CT molecular complexity index is 2080. The van der Waals surface area contributed by atoms with E-state index in [4.69, 9.17) is 0 Å². The molecule has 4 aromatic carbocycles. The Morgan fingerprint density at radius 2 is 1.46 bits per heavy atom. The van der Waals surface area contributed by atoms with Crippen LogP contribution < -0.4 is 19.7 Å². The number of carbonyl (C=O) groups excluding carboxylic acids is 2. The lowest BCUT2D eigenvalue weighted by molar-refractivity contribution is -0.130. The van der Waals surface area contributed by atoms with Crippen LogP contribution in [0.15, 0.2) is 108 Å². The van der Waals surface area contributed by atoms with E-state index in [0.29, 0.717) is 52.7 Å². The summed E-state index contributed by atoms with van der Waals surface area (Å²) in [7, 11) is -7.75. The number of piperidine rings is 1. The third kappa shape index (κ3) is 7.21. The molecule has 0 radical (unpaired) electrons. The van der Waals surface area contributed by atoms with Crippen molar-refractivity contribution in [1.29, 1.82) is 0 Å². The molecule has 0 aromatic heterocycles. The number of carbonyl (C=O) groups is 2. The van der Waals surface area contributed by atoms with E-state index < -0.39 is 26.0 Å². The second-order valence-corrected chi connectivity index (χ2v) is 15.2. The molecule has 0 aliphatic carbocycles. The van der Waals surface area contributed by atoms with Crippen molar-refractivity contribution in [3.8, 4) is 0 Å². The fourth-order valence-corrected chi connectivity index (χ4v) is 7.72. The molecule has 11 nitrogen and oxygen atoms in total. The maximum absolute atomic E-state index is 13.5. The zero-order chi connectivity index (χ0) is 33.9. The fourth-order valence-electron chi connectivity index (χ4n) is 5.79. The van der Waals surface area contributed by atoms with E-state index in [0.717, 1.165) is 29.8 Å². The number of hydrogen-bond acceptors (Lipinski definition) is 7. The molecule has 0 saturated carbocycles. The Hall–Kier alpha value is -5.14. The minimum Gasteiger partial charge on any atom is -0.354 e. The number of benzene rings is 4. The van der Waals surface area contributed by atoms with Crippen molar-refractivity contribution < 1.29 is 26.4 Å². The summed E-state index contributed by atoms with van der Waals surface area (Å²) in [4.78, 5) is 28.2. The molecular weight excluding hydrogens is 651 g/mol. The predicted molar refractivity (Wildman–Crippen MR) is 188 cm³/mol. The molecule has 0 spiro atoms. The van der Waals surface area contributed by atoms with E-state index in [1.807, 2.05) is 30.3 Å². The summed E-state index contributed by atoms with van der Waals surface area (Å²) in [5.74, 6) is -0.664. The third-order valence-electron chi connectivity index (χ3n) is 8.20.